The van der Waals surface area contributed by atoms with Crippen LogP contribution in [0.15, 0.2) is 47.4 Å². The summed E-state index contributed by atoms with van der Waals surface area (Å²) in [6.07, 6.45) is 0. The Bertz CT molecular complexity index is 905. The average Bonchev–Trinajstić information content (AvgIpc) is 3.13. The van der Waals surface area contributed by atoms with Gasteiger partial charge < -0.3 is 15.2 Å². The van der Waals surface area contributed by atoms with Crippen LogP contribution < -0.4 is 15.2 Å². The van der Waals surface area contributed by atoms with E-state index >= 15 is 0 Å². The van der Waals surface area contributed by atoms with Crippen molar-refractivity contribution in [1.82, 2.24) is 4.31 Å². The van der Waals surface area contributed by atoms with Gasteiger partial charge in [0.1, 0.15) is 10.7 Å². The molecule has 27 heavy (non-hydrogen) atoms. The van der Waals surface area contributed by atoms with Crippen LogP contribution in [-0.2, 0) is 10.0 Å². The molecule has 2 atom stereocenters. The molecular weight excluding hydrogens is 371 g/mol. The number of sulfonamides is 1. The molecule has 146 valence electrons. The standard InChI is InChI=1S/C19H23FN2O4S/c1-25-17-8-16(20)19(9-18(17)26-2)27(23,24)22-11-14(10-21)15(12-22)13-6-4-3-5-7-13/h3-9,14-15H,10-12,21H2,1-2H3/t14-,15+/m1/s1. The quantitative estimate of drug-likeness (QED) is 0.812. The van der Waals surface area contributed by atoms with Gasteiger partial charge in [0.15, 0.2) is 11.5 Å². The van der Waals surface area contributed by atoms with Crippen molar-refractivity contribution in [2.45, 2.75) is 10.8 Å². The van der Waals surface area contributed by atoms with Crippen molar-refractivity contribution in [2.24, 2.45) is 11.7 Å². The van der Waals surface area contributed by atoms with Gasteiger partial charge in [0.2, 0.25) is 10.0 Å². The SMILES string of the molecule is COc1cc(F)c(S(=O)(=O)N2C[C@@H](CN)[C@H](c3ccccc3)C2)cc1OC. The van der Waals surface area contributed by atoms with Gasteiger partial charge >= 0.3 is 0 Å². The van der Waals surface area contributed by atoms with Crippen LogP contribution in [0.3, 0.4) is 0 Å². The van der Waals surface area contributed by atoms with Crippen LogP contribution in [0, 0.1) is 11.7 Å². The minimum atomic E-state index is -4.04. The van der Waals surface area contributed by atoms with Crippen molar-refractivity contribution >= 4 is 10.0 Å². The molecule has 2 aromatic rings. The summed E-state index contributed by atoms with van der Waals surface area (Å²) in [6.45, 7) is 0.841. The van der Waals surface area contributed by atoms with Crippen molar-refractivity contribution in [3.05, 3.63) is 53.8 Å². The van der Waals surface area contributed by atoms with Gasteiger partial charge in [0.25, 0.3) is 0 Å². The summed E-state index contributed by atoms with van der Waals surface area (Å²) < 4.78 is 52.2. The van der Waals surface area contributed by atoms with E-state index in [1.165, 1.54) is 18.5 Å². The largest absolute Gasteiger partial charge is 0.493 e. The molecule has 0 amide bonds. The second-order valence-electron chi connectivity index (χ2n) is 6.47. The number of methoxy groups -OCH3 is 2. The van der Waals surface area contributed by atoms with Crippen LogP contribution in [0.2, 0.25) is 0 Å². The first-order valence-electron chi connectivity index (χ1n) is 8.59. The fraction of sp³-hybridized carbons (Fsp3) is 0.368. The lowest BCUT2D eigenvalue weighted by molar-refractivity contribution is 0.349. The van der Waals surface area contributed by atoms with Crippen LogP contribution in [-0.4, -0.2) is 46.6 Å². The number of hydrogen-bond donors (Lipinski definition) is 1. The first-order valence-corrected chi connectivity index (χ1v) is 10.0. The van der Waals surface area contributed by atoms with Gasteiger partial charge in [0, 0.05) is 31.1 Å². The van der Waals surface area contributed by atoms with Crippen molar-refractivity contribution in [1.29, 1.82) is 0 Å². The highest BCUT2D eigenvalue weighted by molar-refractivity contribution is 7.89. The number of nitrogens with two attached hydrogens (primary N) is 1. The first kappa shape index (κ1) is 19.6. The number of ether oxygens (including phenoxy) is 2. The summed E-state index contributed by atoms with van der Waals surface area (Å²) in [5.74, 6) is -0.649. The van der Waals surface area contributed by atoms with Gasteiger partial charge in [-0.1, -0.05) is 30.3 Å². The van der Waals surface area contributed by atoms with E-state index in [1.807, 2.05) is 30.3 Å². The van der Waals surface area contributed by atoms with E-state index in [2.05, 4.69) is 0 Å². The first-order chi connectivity index (χ1) is 12.9. The van der Waals surface area contributed by atoms with E-state index in [-0.39, 0.29) is 36.4 Å². The van der Waals surface area contributed by atoms with Gasteiger partial charge in [0.05, 0.1) is 14.2 Å². The molecule has 0 radical (unpaired) electrons. The smallest absolute Gasteiger partial charge is 0.246 e. The third-order valence-corrected chi connectivity index (χ3v) is 6.84. The number of benzene rings is 2. The number of nitrogens with zero attached hydrogens (tertiary/aromatic N) is 1. The minimum absolute atomic E-state index is 0.0332. The van der Waals surface area contributed by atoms with E-state index < -0.39 is 20.7 Å². The zero-order chi connectivity index (χ0) is 19.6. The Balaban J connectivity index is 1.96. The van der Waals surface area contributed by atoms with E-state index in [0.29, 0.717) is 6.54 Å². The molecule has 1 aliphatic rings. The molecule has 1 saturated heterocycles. The Morgan fingerprint density at radius 3 is 2.33 bits per heavy atom. The van der Waals surface area contributed by atoms with Crippen LogP contribution in [0.4, 0.5) is 4.39 Å². The third-order valence-electron chi connectivity index (χ3n) is 4.99. The minimum Gasteiger partial charge on any atom is -0.493 e. The molecule has 8 heteroatoms. The van der Waals surface area contributed by atoms with E-state index in [1.54, 1.807) is 0 Å². The summed E-state index contributed by atoms with van der Waals surface area (Å²) in [4.78, 5) is -0.426. The molecule has 6 nitrogen and oxygen atoms in total. The molecule has 0 unspecified atom stereocenters. The van der Waals surface area contributed by atoms with Gasteiger partial charge in [-0.2, -0.15) is 4.31 Å². The van der Waals surface area contributed by atoms with E-state index in [0.717, 1.165) is 17.7 Å². The molecule has 0 aromatic heterocycles. The van der Waals surface area contributed by atoms with Gasteiger partial charge in [-0.15, -0.1) is 0 Å². The van der Waals surface area contributed by atoms with Gasteiger partial charge in [-0.25, -0.2) is 12.8 Å². The summed E-state index contributed by atoms with van der Waals surface area (Å²) in [6, 6.07) is 11.8. The van der Waals surface area contributed by atoms with E-state index in [9.17, 15) is 12.8 Å². The zero-order valence-electron chi connectivity index (χ0n) is 15.3. The molecule has 0 saturated carbocycles. The van der Waals surface area contributed by atoms with Crippen molar-refractivity contribution in [2.75, 3.05) is 33.9 Å². The Kier molecular flexibility index (Phi) is 5.69. The average molecular weight is 394 g/mol. The van der Waals surface area contributed by atoms with Crippen molar-refractivity contribution in [3.8, 4) is 11.5 Å². The molecule has 1 heterocycles. The lowest BCUT2D eigenvalue weighted by Crippen LogP contribution is -2.30. The third kappa shape index (κ3) is 3.65. The highest BCUT2D eigenvalue weighted by Crippen LogP contribution is 2.38. The second-order valence-corrected chi connectivity index (χ2v) is 8.38. The summed E-state index contributed by atoms with van der Waals surface area (Å²) in [5.41, 5.74) is 6.91. The monoisotopic (exact) mass is 394 g/mol. The van der Waals surface area contributed by atoms with Crippen molar-refractivity contribution < 1.29 is 22.3 Å². The molecular formula is C19H23FN2O4S. The highest BCUT2D eigenvalue weighted by atomic mass is 32.2. The number of hydrogen-bond acceptors (Lipinski definition) is 5. The molecule has 0 bridgehead atoms. The molecule has 0 aliphatic carbocycles. The maximum atomic E-state index is 14.5. The lowest BCUT2D eigenvalue weighted by atomic mass is 9.89. The Morgan fingerprint density at radius 1 is 1.11 bits per heavy atom. The molecule has 1 aliphatic heterocycles. The zero-order valence-corrected chi connectivity index (χ0v) is 16.1. The van der Waals surface area contributed by atoms with Gasteiger partial charge in [-0.3, -0.25) is 0 Å². The molecule has 0 spiro atoms. The normalized spacial score (nSPS) is 20.6. The predicted molar refractivity (Wildman–Crippen MR) is 100.0 cm³/mol. The van der Waals surface area contributed by atoms with Gasteiger partial charge in [-0.05, 0) is 18.0 Å². The van der Waals surface area contributed by atoms with Crippen molar-refractivity contribution in [3.63, 3.8) is 0 Å². The molecule has 3 rings (SSSR count). The fourth-order valence-electron chi connectivity index (χ4n) is 3.52. The topological polar surface area (TPSA) is 81.9 Å². The lowest BCUT2D eigenvalue weighted by Gasteiger charge is -2.18. The summed E-state index contributed by atoms with van der Waals surface area (Å²) >= 11 is 0. The van der Waals surface area contributed by atoms with E-state index in [4.69, 9.17) is 15.2 Å². The van der Waals surface area contributed by atoms with Crippen LogP contribution in [0.5, 0.6) is 11.5 Å². The summed E-state index contributed by atoms with van der Waals surface area (Å²) in [5, 5.41) is 0. The predicted octanol–water partition coefficient (Wildman–Crippen LogP) is 2.21. The maximum Gasteiger partial charge on any atom is 0.246 e. The molecule has 2 aromatic carbocycles. The van der Waals surface area contributed by atoms with Crippen LogP contribution in [0.25, 0.3) is 0 Å². The Labute approximate surface area is 158 Å². The Morgan fingerprint density at radius 2 is 1.74 bits per heavy atom. The number of halogens is 1. The summed E-state index contributed by atoms with van der Waals surface area (Å²) in [7, 11) is -1.31. The molecule has 2 N–H and O–H groups in total. The van der Waals surface area contributed by atoms with Crippen LogP contribution >= 0.6 is 0 Å². The fourth-order valence-corrected chi connectivity index (χ4v) is 5.10. The Hall–Kier alpha value is -2.16. The number of rotatable bonds is 6. The van der Waals surface area contributed by atoms with Crippen LogP contribution in [0.1, 0.15) is 11.5 Å². The highest BCUT2D eigenvalue weighted by Gasteiger charge is 2.40. The second kappa shape index (κ2) is 7.84. The molecule has 1 fully saturated rings. The maximum absolute atomic E-state index is 14.5.